The first-order valence-electron chi connectivity index (χ1n) is 6.95. The number of fused-ring (bicyclic) bond motifs is 2. The predicted molar refractivity (Wildman–Crippen MR) is 67.7 cm³/mol. The normalized spacial score (nSPS) is 30.9. The van der Waals surface area contributed by atoms with Gasteiger partial charge >= 0.3 is 0 Å². The molecule has 0 radical (unpaired) electrons. The Labute approximate surface area is 112 Å². The Hall–Kier alpha value is -1.05. The first-order chi connectivity index (χ1) is 9.29. The van der Waals surface area contributed by atoms with E-state index in [0.29, 0.717) is 24.9 Å². The van der Waals surface area contributed by atoms with E-state index in [2.05, 4.69) is 27.8 Å². The summed E-state index contributed by atoms with van der Waals surface area (Å²) in [5.41, 5.74) is 0. The van der Waals surface area contributed by atoms with Crippen molar-refractivity contribution in [2.45, 2.75) is 50.5 Å². The zero-order valence-corrected chi connectivity index (χ0v) is 11.5. The summed E-state index contributed by atoms with van der Waals surface area (Å²) in [4.78, 5) is 0. The molecule has 4 atom stereocenters. The van der Waals surface area contributed by atoms with Crippen LogP contribution in [0, 0.1) is 0 Å². The summed E-state index contributed by atoms with van der Waals surface area (Å²) in [7, 11) is 1.70. The van der Waals surface area contributed by atoms with Gasteiger partial charge in [0.25, 0.3) is 0 Å². The van der Waals surface area contributed by atoms with Crippen LogP contribution >= 0.6 is 0 Å². The second-order valence-electron chi connectivity index (χ2n) is 5.33. The van der Waals surface area contributed by atoms with E-state index in [1.54, 1.807) is 7.11 Å². The molecule has 7 heteroatoms. The summed E-state index contributed by atoms with van der Waals surface area (Å²) in [5, 5.41) is 15.5. The van der Waals surface area contributed by atoms with Gasteiger partial charge in [0.1, 0.15) is 0 Å². The monoisotopic (exact) mass is 267 g/mol. The Morgan fingerprint density at radius 2 is 2.42 bits per heavy atom. The third-order valence-corrected chi connectivity index (χ3v) is 4.05. The van der Waals surface area contributed by atoms with E-state index in [-0.39, 0.29) is 6.04 Å². The van der Waals surface area contributed by atoms with Gasteiger partial charge in [-0.25, -0.2) is 4.68 Å². The van der Waals surface area contributed by atoms with E-state index in [9.17, 15) is 0 Å². The SMILES string of the molecule is COCCNC(C)c1nnnn1C1CC2CCC1O2. The molecule has 0 spiro atoms. The molecule has 3 rings (SSSR count). The van der Waals surface area contributed by atoms with Gasteiger partial charge in [-0.15, -0.1) is 5.10 Å². The fraction of sp³-hybridized carbons (Fsp3) is 0.917. The van der Waals surface area contributed by atoms with Crippen LogP contribution in [0.5, 0.6) is 0 Å². The van der Waals surface area contributed by atoms with Crippen molar-refractivity contribution in [3.63, 3.8) is 0 Å². The van der Waals surface area contributed by atoms with Crippen molar-refractivity contribution in [1.29, 1.82) is 0 Å². The number of nitrogens with zero attached hydrogens (tertiary/aromatic N) is 4. The number of nitrogens with one attached hydrogen (secondary N) is 1. The minimum Gasteiger partial charge on any atom is -0.383 e. The van der Waals surface area contributed by atoms with Crippen LogP contribution in [0.4, 0.5) is 0 Å². The molecule has 2 aliphatic heterocycles. The van der Waals surface area contributed by atoms with E-state index in [0.717, 1.165) is 25.2 Å². The largest absolute Gasteiger partial charge is 0.383 e. The lowest BCUT2D eigenvalue weighted by atomic mass is 9.95. The maximum absolute atomic E-state index is 5.89. The van der Waals surface area contributed by atoms with Crippen molar-refractivity contribution in [2.24, 2.45) is 0 Å². The van der Waals surface area contributed by atoms with Crippen LogP contribution in [-0.4, -0.2) is 52.7 Å². The lowest BCUT2D eigenvalue weighted by Gasteiger charge is -2.21. The van der Waals surface area contributed by atoms with Gasteiger partial charge < -0.3 is 14.8 Å². The molecule has 0 aliphatic carbocycles. The predicted octanol–water partition coefficient (Wildman–Crippen LogP) is 0.462. The highest BCUT2D eigenvalue weighted by Crippen LogP contribution is 2.41. The Balaban J connectivity index is 1.68. The molecule has 3 heterocycles. The van der Waals surface area contributed by atoms with Gasteiger partial charge in [0, 0.05) is 13.7 Å². The van der Waals surface area contributed by atoms with Crippen LogP contribution in [0.25, 0.3) is 0 Å². The molecule has 7 nitrogen and oxygen atoms in total. The van der Waals surface area contributed by atoms with E-state index < -0.39 is 0 Å². The highest BCUT2D eigenvalue weighted by Gasteiger charge is 2.43. The quantitative estimate of drug-likeness (QED) is 0.755. The lowest BCUT2D eigenvalue weighted by Crippen LogP contribution is -2.29. The van der Waals surface area contributed by atoms with Crippen molar-refractivity contribution in [3.05, 3.63) is 5.82 Å². The molecule has 106 valence electrons. The Morgan fingerprint density at radius 1 is 1.53 bits per heavy atom. The van der Waals surface area contributed by atoms with E-state index in [4.69, 9.17) is 9.47 Å². The van der Waals surface area contributed by atoms with Crippen molar-refractivity contribution >= 4 is 0 Å². The van der Waals surface area contributed by atoms with Gasteiger partial charge in [-0.1, -0.05) is 0 Å². The highest BCUT2D eigenvalue weighted by atomic mass is 16.5. The van der Waals surface area contributed by atoms with Crippen molar-refractivity contribution < 1.29 is 9.47 Å². The maximum atomic E-state index is 5.89. The van der Waals surface area contributed by atoms with E-state index in [1.807, 2.05) is 4.68 Å². The number of ether oxygens (including phenoxy) is 2. The summed E-state index contributed by atoms with van der Waals surface area (Å²) in [5.74, 6) is 0.886. The summed E-state index contributed by atoms with van der Waals surface area (Å²) in [6.45, 7) is 3.55. The molecule has 1 N–H and O–H groups in total. The molecule has 2 fully saturated rings. The molecular weight excluding hydrogens is 246 g/mol. The molecule has 0 amide bonds. The third-order valence-electron chi connectivity index (χ3n) is 4.05. The molecular formula is C12H21N5O2. The number of tetrazole rings is 1. The second kappa shape index (κ2) is 5.52. The van der Waals surface area contributed by atoms with Crippen molar-refractivity contribution in [2.75, 3.05) is 20.3 Å². The van der Waals surface area contributed by atoms with E-state index in [1.165, 1.54) is 6.42 Å². The number of methoxy groups -OCH3 is 1. The molecule has 1 aromatic rings. The van der Waals surface area contributed by atoms with Gasteiger partial charge in [0.05, 0.1) is 30.9 Å². The zero-order chi connectivity index (χ0) is 13.2. The van der Waals surface area contributed by atoms with Gasteiger partial charge in [-0.2, -0.15) is 0 Å². The van der Waals surface area contributed by atoms with Crippen LogP contribution in [0.2, 0.25) is 0 Å². The third kappa shape index (κ3) is 2.50. The Bertz CT molecular complexity index is 424. The topological polar surface area (TPSA) is 74.1 Å². The zero-order valence-electron chi connectivity index (χ0n) is 11.5. The standard InChI is InChI=1S/C12H21N5O2/c1-8(13-5-6-18-2)12-14-15-16-17(12)10-7-9-3-4-11(10)19-9/h8-11,13H,3-7H2,1-2H3. The summed E-state index contributed by atoms with van der Waals surface area (Å²) in [6.07, 6.45) is 4.04. The van der Waals surface area contributed by atoms with Crippen LogP contribution in [0.3, 0.4) is 0 Å². The number of rotatable bonds is 6. The average Bonchev–Trinajstić information content (AvgIpc) is 3.14. The van der Waals surface area contributed by atoms with Crippen molar-refractivity contribution in [3.8, 4) is 0 Å². The van der Waals surface area contributed by atoms with Crippen LogP contribution in [-0.2, 0) is 9.47 Å². The molecule has 0 aromatic carbocycles. The summed E-state index contributed by atoms with van der Waals surface area (Å²) in [6, 6.07) is 0.416. The molecule has 2 aliphatic rings. The lowest BCUT2D eigenvalue weighted by molar-refractivity contribution is 0.0912. The molecule has 2 bridgehead atoms. The second-order valence-corrected chi connectivity index (χ2v) is 5.33. The first kappa shape index (κ1) is 13.0. The maximum Gasteiger partial charge on any atom is 0.168 e. The number of hydrogen-bond acceptors (Lipinski definition) is 6. The van der Waals surface area contributed by atoms with Crippen molar-refractivity contribution in [1.82, 2.24) is 25.5 Å². The van der Waals surface area contributed by atoms with Gasteiger partial charge in [-0.3, -0.25) is 0 Å². The Kier molecular flexibility index (Phi) is 3.76. The van der Waals surface area contributed by atoms with Gasteiger partial charge in [0.2, 0.25) is 0 Å². The summed E-state index contributed by atoms with van der Waals surface area (Å²) >= 11 is 0. The first-order valence-corrected chi connectivity index (χ1v) is 6.95. The average molecular weight is 267 g/mol. The highest BCUT2D eigenvalue weighted by molar-refractivity contribution is 4.99. The number of hydrogen-bond donors (Lipinski definition) is 1. The van der Waals surface area contributed by atoms with Crippen LogP contribution in [0.15, 0.2) is 0 Å². The number of aromatic nitrogens is 4. The Morgan fingerprint density at radius 3 is 3.11 bits per heavy atom. The fourth-order valence-electron chi connectivity index (χ4n) is 3.06. The summed E-state index contributed by atoms with van der Waals surface area (Å²) < 4.78 is 12.9. The van der Waals surface area contributed by atoms with Gasteiger partial charge in [0.15, 0.2) is 5.82 Å². The minimum atomic E-state index is 0.115. The molecule has 4 unspecified atom stereocenters. The molecule has 2 saturated heterocycles. The van der Waals surface area contributed by atoms with Crippen LogP contribution in [0.1, 0.15) is 44.1 Å². The molecule has 1 aromatic heterocycles. The van der Waals surface area contributed by atoms with Gasteiger partial charge in [-0.05, 0) is 36.6 Å². The molecule has 19 heavy (non-hydrogen) atoms. The van der Waals surface area contributed by atoms with Crippen LogP contribution < -0.4 is 5.32 Å². The smallest absolute Gasteiger partial charge is 0.168 e. The van der Waals surface area contributed by atoms with E-state index >= 15 is 0 Å². The molecule has 0 saturated carbocycles. The fourth-order valence-corrected chi connectivity index (χ4v) is 3.06. The minimum absolute atomic E-state index is 0.115.